The van der Waals surface area contributed by atoms with Crippen LogP contribution in [0.3, 0.4) is 0 Å². The Morgan fingerprint density at radius 3 is 2.56 bits per heavy atom. The third-order valence-corrected chi connectivity index (χ3v) is 4.27. The first-order valence-corrected chi connectivity index (χ1v) is 8.85. The number of nitrogen functional groups attached to an aromatic ring is 1. The molecule has 7 heteroatoms. The Kier molecular flexibility index (Phi) is 5.41. The molecule has 0 atom stereocenters. The SMILES string of the molecule is CCOC(=O)c1c(C)oc2nc(CN(C)Cc3ccc(C)cc3)nc(N)c12. The van der Waals surface area contributed by atoms with Gasteiger partial charge in [0.15, 0.2) is 0 Å². The second-order valence-electron chi connectivity index (χ2n) is 6.62. The predicted molar refractivity (Wildman–Crippen MR) is 103 cm³/mol. The van der Waals surface area contributed by atoms with Gasteiger partial charge in [-0.1, -0.05) is 29.8 Å². The van der Waals surface area contributed by atoms with Gasteiger partial charge in [-0.25, -0.2) is 9.78 Å². The van der Waals surface area contributed by atoms with Crippen LogP contribution in [0.1, 0.15) is 40.0 Å². The van der Waals surface area contributed by atoms with Gasteiger partial charge in [0.2, 0.25) is 5.71 Å². The molecule has 0 fully saturated rings. The number of esters is 1. The zero-order chi connectivity index (χ0) is 19.6. The Balaban J connectivity index is 1.84. The van der Waals surface area contributed by atoms with Crippen molar-refractivity contribution >= 4 is 22.9 Å². The summed E-state index contributed by atoms with van der Waals surface area (Å²) in [6.07, 6.45) is 0. The molecule has 2 heterocycles. The van der Waals surface area contributed by atoms with Crippen molar-refractivity contribution in [3.63, 3.8) is 0 Å². The first kappa shape index (κ1) is 18.8. The first-order chi connectivity index (χ1) is 12.9. The first-order valence-electron chi connectivity index (χ1n) is 8.85. The van der Waals surface area contributed by atoms with Crippen molar-refractivity contribution in [1.82, 2.24) is 14.9 Å². The number of aryl methyl sites for hydroxylation is 2. The smallest absolute Gasteiger partial charge is 0.342 e. The Morgan fingerprint density at radius 2 is 1.89 bits per heavy atom. The normalized spacial score (nSPS) is 11.3. The number of anilines is 1. The summed E-state index contributed by atoms with van der Waals surface area (Å²) in [6.45, 7) is 7.03. The van der Waals surface area contributed by atoms with E-state index in [-0.39, 0.29) is 12.4 Å². The lowest BCUT2D eigenvalue weighted by Gasteiger charge is -2.16. The minimum atomic E-state index is -0.478. The standard InChI is InChI=1S/C20H24N4O3/c1-5-26-20(25)16-13(3)27-19-17(16)18(21)22-15(23-19)11-24(4)10-14-8-6-12(2)7-9-14/h6-9H,5,10-11H2,1-4H3,(H2,21,22,23). The maximum absolute atomic E-state index is 12.2. The molecule has 142 valence electrons. The van der Waals surface area contributed by atoms with Crippen LogP contribution in [-0.2, 0) is 17.8 Å². The van der Waals surface area contributed by atoms with Crippen LogP contribution in [-0.4, -0.2) is 34.5 Å². The fourth-order valence-corrected chi connectivity index (χ4v) is 3.01. The summed E-state index contributed by atoms with van der Waals surface area (Å²) in [6, 6.07) is 8.38. The van der Waals surface area contributed by atoms with Gasteiger partial charge in [-0.05, 0) is 33.4 Å². The van der Waals surface area contributed by atoms with Crippen LogP contribution >= 0.6 is 0 Å². The molecule has 0 unspecified atom stereocenters. The van der Waals surface area contributed by atoms with Gasteiger partial charge in [-0.15, -0.1) is 0 Å². The number of ether oxygens (including phenoxy) is 1. The molecule has 3 aromatic rings. The number of carbonyl (C=O) groups excluding carboxylic acids is 1. The van der Waals surface area contributed by atoms with Crippen LogP contribution in [0.15, 0.2) is 28.7 Å². The summed E-state index contributed by atoms with van der Waals surface area (Å²) in [4.78, 5) is 23.1. The molecule has 0 amide bonds. The van der Waals surface area contributed by atoms with Gasteiger partial charge in [-0.2, -0.15) is 4.98 Å². The highest BCUT2D eigenvalue weighted by atomic mass is 16.5. The van der Waals surface area contributed by atoms with E-state index in [1.165, 1.54) is 11.1 Å². The van der Waals surface area contributed by atoms with Gasteiger partial charge in [0.25, 0.3) is 0 Å². The molecule has 0 spiro atoms. The highest BCUT2D eigenvalue weighted by molar-refractivity contribution is 6.07. The Labute approximate surface area is 158 Å². The summed E-state index contributed by atoms with van der Waals surface area (Å²) >= 11 is 0. The molecule has 0 saturated carbocycles. The number of hydrogen-bond acceptors (Lipinski definition) is 7. The molecule has 7 nitrogen and oxygen atoms in total. The van der Waals surface area contributed by atoms with E-state index in [0.29, 0.717) is 34.8 Å². The molecule has 3 rings (SSSR count). The topological polar surface area (TPSA) is 94.5 Å². The molecular weight excluding hydrogens is 344 g/mol. The van der Waals surface area contributed by atoms with Crippen LogP contribution in [0, 0.1) is 13.8 Å². The van der Waals surface area contributed by atoms with Crippen molar-refractivity contribution in [3.05, 3.63) is 52.5 Å². The number of hydrogen-bond donors (Lipinski definition) is 1. The molecular formula is C20H24N4O3. The zero-order valence-corrected chi connectivity index (χ0v) is 16.1. The molecule has 0 bridgehead atoms. The van der Waals surface area contributed by atoms with Crippen molar-refractivity contribution in [2.75, 3.05) is 19.4 Å². The minimum Gasteiger partial charge on any atom is -0.462 e. The third-order valence-electron chi connectivity index (χ3n) is 4.27. The van der Waals surface area contributed by atoms with Crippen molar-refractivity contribution in [3.8, 4) is 0 Å². The number of carbonyl (C=O) groups is 1. The summed E-state index contributed by atoms with van der Waals surface area (Å²) in [5.41, 5.74) is 9.15. The maximum Gasteiger partial charge on any atom is 0.342 e. The Hall–Kier alpha value is -2.93. The van der Waals surface area contributed by atoms with Gasteiger partial charge in [0.05, 0.1) is 18.5 Å². The number of benzene rings is 1. The van der Waals surface area contributed by atoms with E-state index >= 15 is 0 Å². The lowest BCUT2D eigenvalue weighted by atomic mass is 10.1. The highest BCUT2D eigenvalue weighted by Gasteiger charge is 2.24. The Bertz CT molecular complexity index is 964. The molecule has 2 aromatic heterocycles. The van der Waals surface area contributed by atoms with Crippen LogP contribution in [0.5, 0.6) is 0 Å². The average Bonchev–Trinajstić information content (AvgIpc) is 2.93. The largest absolute Gasteiger partial charge is 0.462 e. The molecule has 0 aliphatic carbocycles. The van der Waals surface area contributed by atoms with E-state index in [2.05, 4.69) is 46.1 Å². The van der Waals surface area contributed by atoms with Crippen molar-refractivity contribution in [2.24, 2.45) is 0 Å². The fraction of sp³-hybridized carbons (Fsp3) is 0.350. The summed E-state index contributed by atoms with van der Waals surface area (Å²) < 4.78 is 10.7. The average molecular weight is 368 g/mol. The van der Waals surface area contributed by atoms with E-state index in [4.69, 9.17) is 14.9 Å². The van der Waals surface area contributed by atoms with Crippen molar-refractivity contribution in [1.29, 1.82) is 0 Å². The lowest BCUT2D eigenvalue weighted by molar-refractivity contribution is 0.0526. The Morgan fingerprint density at radius 1 is 1.19 bits per heavy atom. The zero-order valence-electron chi connectivity index (χ0n) is 16.1. The monoisotopic (exact) mass is 368 g/mol. The highest BCUT2D eigenvalue weighted by Crippen LogP contribution is 2.29. The quantitative estimate of drug-likeness (QED) is 0.667. The van der Waals surface area contributed by atoms with E-state index in [9.17, 15) is 4.79 Å². The molecule has 0 saturated heterocycles. The van der Waals surface area contributed by atoms with Gasteiger partial charge >= 0.3 is 5.97 Å². The lowest BCUT2D eigenvalue weighted by Crippen LogP contribution is -2.19. The van der Waals surface area contributed by atoms with E-state index in [1.807, 2.05) is 7.05 Å². The second kappa shape index (κ2) is 7.75. The van der Waals surface area contributed by atoms with Crippen molar-refractivity contribution in [2.45, 2.75) is 33.9 Å². The van der Waals surface area contributed by atoms with E-state index in [0.717, 1.165) is 6.54 Å². The number of fused-ring (bicyclic) bond motifs is 1. The van der Waals surface area contributed by atoms with Crippen LogP contribution in [0.25, 0.3) is 11.1 Å². The number of furan rings is 1. The summed E-state index contributed by atoms with van der Waals surface area (Å²) in [7, 11) is 1.99. The maximum atomic E-state index is 12.2. The predicted octanol–water partition coefficient (Wildman–Crippen LogP) is 3.23. The molecule has 0 radical (unpaired) electrons. The van der Waals surface area contributed by atoms with E-state index < -0.39 is 5.97 Å². The molecule has 27 heavy (non-hydrogen) atoms. The number of nitrogens with two attached hydrogens (primary N) is 1. The van der Waals surface area contributed by atoms with E-state index in [1.54, 1.807) is 13.8 Å². The van der Waals surface area contributed by atoms with Crippen molar-refractivity contribution < 1.29 is 13.9 Å². The van der Waals surface area contributed by atoms with Gasteiger partial charge < -0.3 is 14.9 Å². The third kappa shape index (κ3) is 4.09. The van der Waals surface area contributed by atoms with Gasteiger partial charge in [0, 0.05) is 6.54 Å². The summed E-state index contributed by atoms with van der Waals surface area (Å²) in [5, 5.41) is 0.413. The van der Waals surface area contributed by atoms with Crippen LogP contribution in [0.4, 0.5) is 5.82 Å². The van der Waals surface area contributed by atoms with Crippen LogP contribution < -0.4 is 5.73 Å². The molecule has 2 N–H and O–H groups in total. The molecule has 0 aliphatic heterocycles. The van der Waals surface area contributed by atoms with Crippen LogP contribution in [0.2, 0.25) is 0 Å². The fourth-order valence-electron chi connectivity index (χ4n) is 3.01. The number of nitrogens with zero attached hydrogens (tertiary/aromatic N) is 3. The molecule has 1 aromatic carbocycles. The summed E-state index contributed by atoms with van der Waals surface area (Å²) in [5.74, 6) is 0.709. The minimum absolute atomic E-state index is 0.221. The number of aromatic nitrogens is 2. The van der Waals surface area contributed by atoms with Gasteiger partial charge in [0.1, 0.15) is 23.0 Å². The van der Waals surface area contributed by atoms with Gasteiger partial charge in [-0.3, -0.25) is 4.90 Å². The number of rotatable bonds is 6. The second-order valence-corrected chi connectivity index (χ2v) is 6.62. The molecule has 0 aliphatic rings.